The first kappa shape index (κ1) is 16.3. The second-order valence-electron chi connectivity index (χ2n) is 4.41. The Morgan fingerprint density at radius 3 is 2.73 bits per heavy atom. The van der Waals surface area contributed by atoms with Gasteiger partial charge in [-0.25, -0.2) is 0 Å². The van der Waals surface area contributed by atoms with E-state index in [1.165, 1.54) is 0 Å². The Bertz CT molecular complexity index is 662. The highest BCUT2D eigenvalue weighted by molar-refractivity contribution is 7.80. The van der Waals surface area contributed by atoms with Crippen LogP contribution in [0.15, 0.2) is 53.6 Å². The SMILES string of the molecule is CNC(=S)N/N=C/c1ccc(OCc2ccccc2)c(Cl)c1. The Balaban J connectivity index is 1.96. The van der Waals surface area contributed by atoms with E-state index < -0.39 is 0 Å². The van der Waals surface area contributed by atoms with E-state index in [1.807, 2.05) is 42.5 Å². The molecule has 0 bridgehead atoms. The number of benzene rings is 2. The minimum atomic E-state index is 0.449. The third-order valence-corrected chi connectivity index (χ3v) is 3.39. The molecule has 2 rings (SSSR count). The molecule has 0 aromatic heterocycles. The summed E-state index contributed by atoms with van der Waals surface area (Å²) < 4.78 is 5.72. The van der Waals surface area contributed by atoms with E-state index in [0.29, 0.717) is 22.5 Å². The largest absolute Gasteiger partial charge is 0.487 e. The minimum absolute atomic E-state index is 0.449. The zero-order valence-electron chi connectivity index (χ0n) is 12.0. The van der Waals surface area contributed by atoms with Crippen molar-refractivity contribution in [2.45, 2.75) is 6.61 Å². The maximum absolute atomic E-state index is 6.22. The van der Waals surface area contributed by atoms with Crippen LogP contribution in [0, 0.1) is 0 Å². The topological polar surface area (TPSA) is 45.7 Å². The van der Waals surface area contributed by atoms with Crippen LogP contribution in [0.4, 0.5) is 0 Å². The first-order valence-electron chi connectivity index (χ1n) is 6.66. The van der Waals surface area contributed by atoms with Crippen LogP contribution in [0.3, 0.4) is 0 Å². The van der Waals surface area contributed by atoms with Crippen LogP contribution in [-0.4, -0.2) is 18.4 Å². The van der Waals surface area contributed by atoms with E-state index >= 15 is 0 Å². The summed E-state index contributed by atoms with van der Waals surface area (Å²) in [5, 5.41) is 7.75. The van der Waals surface area contributed by atoms with Crippen LogP contribution >= 0.6 is 23.8 Å². The van der Waals surface area contributed by atoms with Crippen molar-refractivity contribution in [3.63, 3.8) is 0 Å². The number of hydrazone groups is 1. The molecule has 0 saturated carbocycles. The van der Waals surface area contributed by atoms with Crippen LogP contribution in [0.25, 0.3) is 0 Å². The maximum atomic E-state index is 6.22. The Hall–Kier alpha value is -2.11. The highest BCUT2D eigenvalue weighted by atomic mass is 35.5. The molecule has 0 radical (unpaired) electrons. The van der Waals surface area contributed by atoms with E-state index in [0.717, 1.165) is 11.1 Å². The molecular weight excluding hydrogens is 318 g/mol. The van der Waals surface area contributed by atoms with Gasteiger partial charge in [0.05, 0.1) is 11.2 Å². The molecule has 0 amide bonds. The molecule has 0 aliphatic heterocycles. The minimum Gasteiger partial charge on any atom is -0.487 e. The second-order valence-corrected chi connectivity index (χ2v) is 5.23. The lowest BCUT2D eigenvalue weighted by molar-refractivity contribution is 0.306. The third kappa shape index (κ3) is 5.02. The Morgan fingerprint density at radius 2 is 2.05 bits per heavy atom. The van der Waals surface area contributed by atoms with Crippen LogP contribution in [0.1, 0.15) is 11.1 Å². The van der Waals surface area contributed by atoms with Gasteiger partial charge in [0.15, 0.2) is 5.11 Å². The summed E-state index contributed by atoms with van der Waals surface area (Å²) in [5.41, 5.74) is 4.62. The summed E-state index contributed by atoms with van der Waals surface area (Å²) in [6.45, 7) is 0.478. The van der Waals surface area contributed by atoms with Crippen molar-refractivity contribution < 1.29 is 4.74 Å². The van der Waals surface area contributed by atoms with Gasteiger partial charge in [0, 0.05) is 7.05 Å². The van der Waals surface area contributed by atoms with Gasteiger partial charge < -0.3 is 10.1 Å². The maximum Gasteiger partial charge on any atom is 0.186 e. The summed E-state index contributed by atoms with van der Waals surface area (Å²) in [7, 11) is 1.72. The molecule has 114 valence electrons. The van der Waals surface area contributed by atoms with E-state index in [9.17, 15) is 0 Å². The predicted octanol–water partition coefficient (Wildman–Crippen LogP) is 3.35. The normalized spacial score (nSPS) is 10.5. The van der Waals surface area contributed by atoms with Gasteiger partial charge >= 0.3 is 0 Å². The number of halogens is 1. The monoisotopic (exact) mass is 333 g/mol. The fourth-order valence-corrected chi connectivity index (χ4v) is 1.97. The molecule has 4 nitrogen and oxygen atoms in total. The second kappa shape index (κ2) is 8.36. The number of hydrogen-bond acceptors (Lipinski definition) is 3. The number of hydrogen-bond donors (Lipinski definition) is 2. The molecule has 0 heterocycles. The first-order valence-corrected chi connectivity index (χ1v) is 7.44. The van der Waals surface area contributed by atoms with Crippen molar-refractivity contribution in [2.75, 3.05) is 7.05 Å². The molecule has 0 spiro atoms. The highest BCUT2D eigenvalue weighted by Crippen LogP contribution is 2.25. The molecule has 6 heteroatoms. The van der Waals surface area contributed by atoms with Gasteiger partial charge in [0.2, 0.25) is 0 Å². The van der Waals surface area contributed by atoms with Gasteiger partial charge in [0.1, 0.15) is 12.4 Å². The highest BCUT2D eigenvalue weighted by Gasteiger charge is 2.03. The number of thiocarbonyl (C=S) groups is 1. The molecule has 0 fully saturated rings. The van der Waals surface area contributed by atoms with Crippen LogP contribution in [0.2, 0.25) is 5.02 Å². The fourth-order valence-electron chi connectivity index (χ4n) is 1.67. The summed E-state index contributed by atoms with van der Waals surface area (Å²) in [5.74, 6) is 0.640. The lowest BCUT2D eigenvalue weighted by atomic mass is 10.2. The smallest absolute Gasteiger partial charge is 0.186 e. The molecule has 0 aliphatic rings. The van der Waals surface area contributed by atoms with Gasteiger partial charge in [-0.2, -0.15) is 5.10 Å². The van der Waals surface area contributed by atoms with Crippen molar-refractivity contribution in [2.24, 2.45) is 5.10 Å². The molecule has 0 aliphatic carbocycles. The first-order chi connectivity index (χ1) is 10.7. The van der Waals surface area contributed by atoms with Crippen molar-refractivity contribution >= 4 is 35.1 Å². The summed E-state index contributed by atoms with van der Waals surface area (Å²) in [6, 6.07) is 15.4. The van der Waals surface area contributed by atoms with E-state index in [1.54, 1.807) is 19.3 Å². The van der Waals surface area contributed by atoms with Gasteiger partial charge in [-0.15, -0.1) is 0 Å². The number of rotatable bonds is 5. The van der Waals surface area contributed by atoms with Crippen molar-refractivity contribution in [3.05, 3.63) is 64.7 Å². The van der Waals surface area contributed by atoms with E-state index in [2.05, 4.69) is 15.8 Å². The number of nitrogens with zero attached hydrogens (tertiary/aromatic N) is 1. The Morgan fingerprint density at radius 1 is 1.27 bits per heavy atom. The van der Waals surface area contributed by atoms with Gasteiger partial charge in [-0.3, -0.25) is 5.43 Å². The van der Waals surface area contributed by atoms with E-state index in [4.69, 9.17) is 28.6 Å². The summed E-state index contributed by atoms with van der Waals surface area (Å²) in [6.07, 6.45) is 1.64. The quantitative estimate of drug-likeness (QED) is 0.500. The van der Waals surface area contributed by atoms with Gasteiger partial charge in [-0.05, 0) is 41.5 Å². The molecule has 0 unspecified atom stereocenters. The average molecular weight is 334 g/mol. The lowest BCUT2D eigenvalue weighted by Crippen LogP contribution is -2.28. The summed E-state index contributed by atoms with van der Waals surface area (Å²) in [4.78, 5) is 0. The molecular formula is C16H16ClN3OS. The Labute approximate surface area is 140 Å². The predicted molar refractivity (Wildman–Crippen MR) is 94.6 cm³/mol. The van der Waals surface area contributed by atoms with Gasteiger partial charge in [-0.1, -0.05) is 41.9 Å². The van der Waals surface area contributed by atoms with Gasteiger partial charge in [0.25, 0.3) is 0 Å². The molecule has 22 heavy (non-hydrogen) atoms. The fraction of sp³-hybridized carbons (Fsp3) is 0.125. The van der Waals surface area contributed by atoms with Crippen LogP contribution < -0.4 is 15.5 Å². The number of nitrogens with one attached hydrogen (secondary N) is 2. The zero-order valence-corrected chi connectivity index (χ0v) is 13.6. The van der Waals surface area contributed by atoms with Crippen molar-refractivity contribution in [3.8, 4) is 5.75 Å². The standard InChI is InChI=1S/C16H16ClN3OS/c1-18-16(22)20-19-10-13-7-8-15(14(17)9-13)21-11-12-5-3-2-4-6-12/h2-10H,11H2,1H3,(H2,18,20,22)/b19-10+. The zero-order chi connectivity index (χ0) is 15.8. The molecule has 0 atom stereocenters. The van der Waals surface area contributed by atoms with Crippen LogP contribution in [-0.2, 0) is 6.61 Å². The molecule has 2 aromatic rings. The van der Waals surface area contributed by atoms with Crippen molar-refractivity contribution in [1.82, 2.24) is 10.7 Å². The van der Waals surface area contributed by atoms with Crippen molar-refractivity contribution in [1.29, 1.82) is 0 Å². The average Bonchev–Trinajstić information content (AvgIpc) is 2.55. The third-order valence-electron chi connectivity index (χ3n) is 2.80. The molecule has 2 aromatic carbocycles. The lowest BCUT2D eigenvalue weighted by Gasteiger charge is -2.08. The number of ether oxygens (including phenoxy) is 1. The summed E-state index contributed by atoms with van der Waals surface area (Å²) >= 11 is 11.1. The molecule has 0 saturated heterocycles. The van der Waals surface area contributed by atoms with E-state index in [-0.39, 0.29) is 0 Å². The Kier molecular flexibility index (Phi) is 6.18. The molecule has 2 N–H and O–H groups in total. The van der Waals surface area contributed by atoms with Crippen LogP contribution in [0.5, 0.6) is 5.75 Å².